The molecule has 7 nitrogen and oxygen atoms in total. The summed E-state index contributed by atoms with van der Waals surface area (Å²) in [6.45, 7) is 6.13. The Morgan fingerprint density at radius 2 is 2.05 bits per heavy atom. The third-order valence-electron chi connectivity index (χ3n) is 3.19. The van der Waals surface area contributed by atoms with E-state index in [1.54, 1.807) is 6.92 Å². The molecule has 0 spiro atoms. The standard InChI is InChI=1S/C13H17N7/c1-9(2)8-10-4-6-11(7-5-10)13(3,17-18-14)12-15-19-20-16-12/h4-7,9H,8H2,1-3H3,(H,15,16,19,20). The number of azide groups is 1. The topological polar surface area (TPSA) is 103 Å². The molecule has 0 aliphatic carbocycles. The molecule has 1 N–H and O–H groups in total. The van der Waals surface area contributed by atoms with E-state index >= 15 is 0 Å². The van der Waals surface area contributed by atoms with E-state index in [0.717, 1.165) is 12.0 Å². The van der Waals surface area contributed by atoms with Gasteiger partial charge in [-0.3, -0.25) is 0 Å². The maximum Gasteiger partial charge on any atom is 0.190 e. The monoisotopic (exact) mass is 271 g/mol. The van der Waals surface area contributed by atoms with Crippen molar-refractivity contribution in [2.24, 2.45) is 11.0 Å². The molecule has 0 fully saturated rings. The third kappa shape index (κ3) is 2.78. The fraction of sp³-hybridized carbons (Fsp3) is 0.462. The van der Waals surface area contributed by atoms with Crippen molar-refractivity contribution in [3.63, 3.8) is 0 Å². The zero-order valence-electron chi connectivity index (χ0n) is 11.8. The highest BCUT2D eigenvalue weighted by atomic mass is 15.5. The van der Waals surface area contributed by atoms with Crippen molar-refractivity contribution < 1.29 is 0 Å². The van der Waals surface area contributed by atoms with Crippen LogP contribution in [0.4, 0.5) is 0 Å². The van der Waals surface area contributed by atoms with E-state index in [0.29, 0.717) is 11.7 Å². The summed E-state index contributed by atoms with van der Waals surface area (Å²) in [6.07, 6.45) is 1.01. The van der Waals surface area contributed by atoms with Crippen molar-refractivity contribution in [2.45, 2.75) is 32.7 Å². The Balaban J connectivity index is 2.38. The molecule has 0 amide bonds. The maximum absolute atomic E-state index is 8.81. The minimum absolute atomic E-state index is 0.354. The molecule has 1 aromatic carbocycles. The molecule has 104 valence electrons. The molecule has 1 aromatic heterocycles. The quantitative estimate of drug-likeness (QED) is 0.513. The van der Waals surface area contributed by atoms with Crippen LogP contribution in [0.15, 0.2) is 29.4 Å². The van der Waals surface area contributed by atoms with Crippen LogP contribution >= 0.6 is 0 Å². The van der Waals surface area contributed by atoms with Gasteiger partial charge in [0.1, 0.15) is 5.54 Å². The highest BCUT2D eigenvalue weighted by Crippen LogP contribution is 2.31. The highest BCUT2D eigenvalue weighted by Gasteiger charge is 2.32. The number of aromatic amines is 1. The zero-order valence-corrected chi connectivity index (χ0v) is 11.8. The number of hydrogen-bond acceptors (Lipinski definition) is 4. The molecule has 0 aliphatic heterocycles. The summed E-state index contributed by atoms with van der Waals surface area (Å²) in [4.78, 5) is 2.91. The molecule has 1 atom stereocenters. The molecule has 0 aliphatic rings. The fourth-order valence-corrected chi connectivity index (χ4v) is 2.13. The second-order valence-electron chi connectivity index (χ2n) is 5.29. The van der Waals surface area contributed by atoms with Gasteiger partial charge in [-0.15, -0.1) is 10.2 Å². The third-order valence-corrected chi connectivity index (χ3v) is 3.19. The Labute approximate surface area is 117 Å². The number of aromatic nitrogens is 4. The SMILES string of the molecule is CC(C)Cc1ccc(C(C)(N=[N+]=[N-])c2nn[nH]n2)cc1. The van der Waals surface area contributed by atoms with E-state index < -0.39 is 5.54 Å². The van der Waals surface area contributed by atoms with Gasteiger partial charge in [-0.2, -0.15) is 5.21 Å². The van der Waals surface area contributed by atoms with E-state index in [-0.39, 0.29) is 0 Å². The summed E-state index contributed by atoms with van der Waals surface area (Å²) in [5, 5.41) is 17.7. The van der Waals surface area contributed by atoms with Gasteiger partial charge in [0.05, 0.1) is 0 Å². The van der Waals surface area contributed by atoms with Gasteiger partial charge in [-0.05, 0) is 35.9 Å². The number of benzene rings is 1. The van der Waals surface area contributed by atoms with E-state index in [9.17, 15) is 0 Å². The number of H-pyrrole nitrogens is 1. The Morgan fingerprint density at radius 1 is 1.35 bits per heavy atom. The smallest absolute Gasteiger partial charge is 0.177 e. The molecule has 2 aromatic rings. The normalized spacial score (nSPS) is 13.8. The first-order valence-electron chi connectivity index (χ1n) is 6.46. The number of hydrogen-bond donors (Lipinski definition) is 1. The summed E-state index contributed by atoms with van der Waals surface area (Å²) in [5.41, 5.74) is 9.93. The second kappa shape index (κ2) is 5.71. The van der Waals surface area contributed by atoms with Crippen LogP contribution in [0.2, 0.25) is 0 Å². The first-order valence-corrected chi connectivity index (χ1v) is 6.46. The van der Waals surface area contributed by atoms with Gasteiger partial charge in [0, 0.05) is 4.91 Å². The van der Waals surface area contributed by atoms with Gasteiger partial charge in [0.2, 0.25) is 0 Å². The molecule has 1 unspecified atom stereocenters. The fourth-order valence-electron chi connectivity index (χ4n) is 2.13. The van der Waals surface area contributed by atoms with E-state index in [1.165, 1.54) is 5.56 Å². The van der Waals surface area contributed by atoms with Crippen LogP contribution in [0.25, 0.3) is 10.4 Å². The van der Waals surface area contributed by atoms with E-state index in [4.69, 9.17) is 5.53 Å². The molecule has 0 saturated carbocycles. The van der Waals surface area contributed by atoms with Crippen molar-refractivity contribution in [2.75, 3.05) is 0 Å². The highest BCUT2D eigenvalue weighted by molar-refractivity contribution is 5.33. The van der Waals surface area contributed by atoms with Crippen LogP contribution < -0.4 is 0 Å². The van der Waals surface area contributed by atoms with Gasteiger partial charge in [0.15, 0.2) is 5.82 Å². The minimum atomic E-state index is -0.960. The van der Waals surface area contributed by atoms with Crippen molar-refractivity contribution in [3.8, 4) is 0 Å². The van der Waals surface area contributed by atoms with Crippen molar-refractivity contribution >= 4 is 0 Å². The van der Waals surface area contributed by atoms with Gasteiger partial charge < -0.3 is 0 Å². The number of rotatable bonds is 5. The summed E-state index contributed by atoms with van der Waals surface area (Å²) >= 11 is 0. The van der Waals surface area contributed by atoms with Crippen molar-refractivity contribution in [1.29, 1.82) is 0 Å². The van der Waals surface area contributed by atoms with E-state index in [1.807, 2.05) is 24.3 Å². The molecule has 20 heavy (non-hydrogen) atoms. The predicted octanol–water partition coefficient (Wildman–Crippen LogP) is 2.97. The average Bonchev–Trinajstić information content (AvgIpc) is 2.93. The summed E-state index contributed by atoms with van der Waals surface area (Å²) in [6, 6.07) is 7.98. The van der Waals surface area contributed by atoms with Gasteiger partial charge in [0.25, 0.3) is 0 Å². The van der Waals surface area contributed by atoms with Crippen LogP contribution in [0.1, 0.15) is 37.7 Å². The zero-order chi connectivity index (χ0) is 14.6. The lowest BCUT2D eigenvalue weighted by molar-refractivity contribution is 0.554. The number of nitrogens with one attached hydrogen (secondary N) is 1. The molecule has 0 saturated heterocycles. The molecule has 7 heteroatoms. The lowest BCUT2D eigenvalue weighted by Gasteiger charge is -2.20. The van der Waals surface area contributed by atoms with Crippen LogP contribution in [0.5, 0.6) is 0 Å². The largest absolute Gasteiger partial charge is 0.190 e. The van der Waals surface area contributed by atoms with Gasteiger partial charge in [-0.1, -0.05) is 48.4 Å². The first-order chi connectivity index (χ1) is 9.56. The van der Waals surface area contributed by atoms with Crippen molar-refractivity contribution in [3.05, 3.63) is 51.7 Å². The molecular weight excluding hydrogens is 254 g/mol. The Bertz CT molecular complexity index is 596. The van der Waals surface area contributed by atoms with Crippen LogP contribution in [-0.2, 0) is 12.0 Å². The van der Waals surface area contributed by atoms with Gasteiger partial charge >= 0.3 is 0 Å². The minimum Gasteiger partial charge on any atom is -0.177 e. The lowest BCUT2D eigenvalue weighted by Crippen LogP contribution is -2.22. The predicted molar refractivity (Wildman–Crippen MR) is 74.8 cm³/mol. The Hall–Kier alpha value is -2.40. The number of tetrazole rings is 1. The Morgan fingerprint density at radius 3 is 2.55 bits per heavy atom. The summed E-state index contributed by atoms with van der Waals surface area (Å²) in [5.74, 6) is 0.952. The molecule has 0 radical (unpaired) electrons. The molecular formula is C13H17N7. The van der Waals surface area contributed by atoms with Crippen LogP contribution in [0, 0.1) is 5.92 Å². The second-order valence-corrected chi connectivity index (χ2v) is 5.29. The van der Waals surface area contributed by atoms with E-state index in [2.05, 4.69) is 44.5 Å². The molecule has 1 heterocycles. The summed E-state index contributed by atoms with van der Waals surface area (Å²) < 4.78 is 0. The number of nitrogens with zero attached hydrogens (tertiary/aromatic N) is 6. The lowest BCUT2D eigenvalue weighted by atomic mass is 9.90. The van der Waals surface area contributed by atoms with Crippen LogP contribution in [-0.4, -0.2) is 20.6 Å². The molecule has 2 rings (SSSR count). The average molecular weight is 271 g/mol. The van der Waals surface area contributed by atoms with Crippen LogP contribution in [0.3, 0.4) is 0 Å². The van der Waals surface area contributed by atoms with Gasteiger partial charge in [-0.25, -0.2) is 0 Å². The maximum atomic E-state index is 8.81. The Kier molecular flexibility index (Phi) is 4.00. The molecule has 0 bridgehead atoms. The first kappa shape index (κ1) is 14.0. The van der Waals surface area contributed by atoms with Crippen molar-refractivity contribution in [1.82, 2.24) is 20.6 Å². The summed E-state index contributed by atoms with van der Waals surface area (Å²) in [7, 11) is 0.